The van der Waals surface area contributed by atoms with Gasteiger partial charge in [0.15, 0.2) is 9.84 Å². The number of anilines is 1. The van der Waals surface area contributed by atoms with Crippen molar-refractivity contribution in [2.45, 2.75) is 4.90 Å². The minimum atomic E-state index is -3.47. The zero-order valence-corrected chi connectivity index (χ0v) is 11.3. The van der Waals surface area contributed by atoms with Crippen LogP contribution < -0.4 is 4.90 Å². The highest BCUT2D eigenvalue weighted by Crippen LogP contribution is 2.39. The molecule has 0 amide bonds. The van der Waals surface area contributed by atoms with Crippen molar-refractivity contribution in [3.63, 3.8) is 0 Å². The zero-order valence-electron chi connectivity index (χ0n) is 9.66. The first kappa shape index (κ1) is 13.2. The molecule has 0 saturated carbocycles. The van der Waals surface area contributed by atoms with Gasteiger partial charge < -0.3 is 9.64 Å². The monoisotopic (exact) mass is 292 g/mol. The third-order valence-electron chi connectivity index (χ3n) is 2.54. The van der Waals surface area contributed by atoms with E-state index in [1.54, 1.807) is 0 Å². The van der Waals surface area contributed by atoms with E-state index in [2.05, 4.69) is 0 Å². The van der Waals surface area contributed by atoms with Crippen molar-refractivity contribution in [3.05, 3.63) is 16.2 Å². The molecule has 1 aliphatic rings. The number of morpholine rings is 1. The Morgan fingerprint density at radius 3 is 2.56 bits per heavy atom. The van der Waals surface area contributed by atoms with Gasteiger partial charge in [0, 0.05) is 25.4 Å². The highest BCUT2D eigenvalue weighted by molar-refractivity contribution is 7.91. The molecule has 9 heteroatoms. The Bertz CT molecular complexity index is 560. The quantitative estimate of drug-likeness (QED) is 0.607. The summed E-state index contributed by atoms with van der Waals surface area (Å²) in [5, 5.41) is 11.0. The maximum atomic E-state index is 11.7. The minimum absolute atomic E-state index is 0.0288. The number of rotatable bonds is 3. The molecule has 0 aromatic carbocycles. The predicted molar refractivity (Wildman–Crippen MR) is 67.1 cm³/mol. The zero-order chi connectivity index (χ0) is 13.3. The van der Waals surface area contributed by atoms with E-state index in [4.69, 9.17) is 4.74 Å². The Morgan fingerprint density at radius 1 is 1.44 bits per heavy atom. The maximum Gasteiger partial charge on any atom is 0.327 e. The second kappa shape index (κ2) is 4.82. The molecule has 0 radical (unpaired) electrons. The molecule has 1 saturated heterocycles. The summed E-state index contributed by atoms with van der Waals surface area (Å²) in [5.74, 6) is 0. The first-order valence-electron chi connectivity index (χ1n) is 5.20. The summed E-state index contributed by atoms with van der Waals surface area (Å²) in [6.45, 7) is 2.07. The number of ether oxygens (including phenoxy) is 1. The van der Waals surface area contributed by atoms with Gasteiger partial charge in [0.1, 0.15) is 9.90 Å². The predicted octanol–water partition coefficient (Wildman–Crippen LogP) is 0.896. The summed E-state index contributed by atoms with van der Waals surface area (Å²) >= 11 is 0.893. The lowest BCUT2D eigenvalue weighted by atomic mass is 10.4. The fourth-order valence-electron chi connectivity index (χ4n) is 1.70. The maximum absolute atomic E-state index is 11.7. The van der Waals surface area contributed by atoms with Crippen molar-refractivity contribution in [1.82, 2.24) is 0 Å². The Kier molecular flexibility index (Phi) is 3.55. The molecule has 0 atom stereocenters. The van der Waals surface area contributed by atoms with Crippen molar-refractivity contribution in [1.29, 1.82) is 0 Å². The van der Waals surface area contributed by atoms with Crippen LogP contribution in [0, 0.1) is 10.1 Å². The van der Waals surface area contributed by atoms with Crippen LogP contribution in [0.1, 0.15) is 0 Å². The molecule has 1 fully saturated rings. The van der Waals surface area contributed by atoms with Crippen LogP contribution >= 0.6 is 11.3 Å². The SMILES string of the molecule is CS(=O)(=O)c1cc([N+](=O)[O-])sc1N1CCOCC1. The number of nitrogens with zero attached hydrogens (tertiary/aromatic N) is 2. The molecule has 0 spiro atoms. The summed E-state index contributed by atoms with van der Waals surface area (Å²) in [6.07, 6.45) is 1.06. The van der Waals surface area contributed by atoms with Crippen molar-refractivity contribution >= 4 is 31.2 Å². The van der Waals surface area contributed by atoms with E-state index in [9.17, 15) is 18.5 Å². The topological polar surface area (TPSA) is 89.8 Å². The normalized spacial score (nSPS) is 16.8. The van der Waals surface area contributed by atoms with Crippen LogP contribution in [-0.2, 0) is 14.6 Å². The number of nitro groups is 1. The molecular formula is C9H12N2O5S2. The second-order valence-electron chi connectivity index (χ2n) is 3.88. The Morgan fingerprint density at radius 2 is 2.06 bits per heavy atom. The van der Waals surface area contributed by atoms with Gasteiger partial charge >= 0.3 is 5.00 Å². The second-order valence-corrected chi connectivity index (χ2v) is 6.88. The molecule has 0 bridgehead atoms. The van der Waals surface area contributed by atoms with Crippen molar-refractivity contribution in [2.24, 2.45) is 0 Å². The number of hydrogen-bond acceptors (Lipinski definition) is 7. The van der Waals surface area contributed by atoms with E-state index in [-0.39, 0.29) is 9.90 Å². The van der Waals surface area contributed by atoms with E-state index in [1.165, 1.54) is 0 Å². The van der Waals surface area contributed by atoms with Crippen LogP contribution in [0.25, 0.3) is 0 Å². The smallest absolute Gasteiger partial charge is 0.327 e. The van der Waals surface area contributed by atoms with Gasteiger partial charge in [-0.3, -0.25) is 10.1 Å². The Labute approximate surface area is 108 Å². The van der Waals surface area contributed by atoms with Gasteiger partial charge in [-0.05, 0) is 11.3 Å². The molecule has 1 aromatic rings. The lowest BCUT2D eigenvalue weighted by Gasteiger charge is -2.27. The first-order valence-corrected chi connectivity index (χ1v) is 7.91. The van der Waals surface area contributed by atoms with Gasteiger partial charge in [-0.25, -0.2) is 8.42 Å². The number of thiophene rings is 1. The summed E-state index contributed by atoms with van der Waals surface area (Å²) in [6, 6.07) is 1.13. The Hall–Kier alpha value is -1.19. The van der Waals surface area contributed by atoms with Gasteiger partial charge in [0.2, 0.25) is 0 Å². The highest BCUT2D eigenvalue weighted by Gasteiger charge is 2.27. The van der Waals surface area contributed by atoms with E-state index in [0.29, 0.717) is 31.3 Å². The summed E-state index contributed by atoms with van der Waals surface area (Å²) in [4.78, 5) is 12.0. The van der Waals surface area contributed by atoms with Gasteiger partial charge in [-0.1, -0.05) is 0 Å². The van der Waals surface area contributed by atoms with Crippen LogP contribution in [0.4, 0.5) is 10.0 Å². The lowest BCUT2D eigenvalue weighted by molar-refractivity contribution is -0.380. The highest BCUT2D eigenvalue weighted by atomic mass is 32.2. The molecule has 1 aliphatic heterocycles. The minimum Gasteiger partial charge on any atom is -0.378 e. The summed E-state index contributed by atoms with van der Waals surface area (Å²) in [7, 11) is -3.47. The van der Waals surface area contributed by atoms with E-state index in [1.807, 2.05) is 4.90 Å². The molecule has 0 unspecified atom stereocenters. The van der Waals surface area contributed by atoms with Gasteiger partial charge in [-0.15, -0.1) is 0 Å². The third kappa shape index (κ3) is 2.62. The molecule has 2 rings (SSSR count). The van der Waals surface area contributed by atoms with Crippen molar-refractivity contribution < 1.29 is 18.1 Å². The molecule has 0 N–H and O–H groups in total. The molecular weight excluding hydrogens is 280 g/mol. The van der Waals surface area contributed by atoms with Gasteiger partial charge in [0.05, 0.1) is 18.1 Å². The van der Waals surface area contributed by atoms with E-state index >= 15 is 0 Å². The van der Waals surface area contributed by atoms with Gasteiger partial charge in [-0.2, -0.15) is 0 Å². The summed E-state index contributed by atoms with van der Waals surface area (Å²) in [5.41, 5.74) is 0. The average Bonchev–Trinajstić information content (AvgIpc) is 2.74. The fraction of sp³-hybridized carbons (Fsp3) is 0.556. The molecule has 0 aliphatic carbocycles. The summed E-state index contributed by atoms with van der Waals surface area (Å²) < 4.78 is 28.5. The third-order valence-corrected chi connectivity index (χ3v) is 4.93. The van der Waals surface area contributed by atoms with Crippen LogP contribution in [0.2, 0.25) is 0 Å². The van der Waals surface area contributed by atoms with E-state index in [0.717, 1.165) is 23.7 Å². The number of hydrogen-bond donors (Lipinski definition) is 0. The fourth-order valence-corrected chi connectivity index (χ4v) is 4.04. The lowest BCUT2D eigenvalue weighted by Crippen LogP contribution is -2.36. The van der Waals surface area contributed by atoms with E-state index < -0.39 is 14.8 Å². The molecule has 1 aromatic heterocycles. The standard InChI is InChI=1S/C9H12N2O5S2/c1-18(14,15)7-6-8(11(12)13)17-9(7)10-2-4-16-5-3-10/h6H,2-5H2,1H3. The van der Waals surface area contributed by atoms with Crippen molar-refractivity contribution in [2.75, 3.05) is 37.5 Å². The largest absolute Gasteiger partial charge is 0.378 e. The Balaban J connectivity index is 2.46. The molecule has 18 heavy (non-hydrogen) atoms. The molecule has 7 nitrogen and oxygen atoms in total. The first-order chi connectivity index (χ1) is 8.39. The van der Waals surface area contributed by atoms with Crippen LogP contribution in [0.5, 0.6) is 0 Å². The van der Waals surface area contributed by atoms with Crippen molar-refractivity contribution in [3.8, 4) is 0 Å². The molecule has 2 heterocycles. The molecule has 100 valence electrons. The van der Waals surface area contributed by atoms with Crippen LogP contribution in [0.3, 0.4) is 0 Å². The average molecular weight is 292 g/mol. The van der Waals surface area contributed by atoms with Gasteiger partial charge in [0.25, 0.3) is 0 Å². The number of sulfone groups is 1. The van der Waals surface area contributed by atoms with Crippen LogP contribution in [0.15, 0.2) is 11.0 Å². The van der Waals surface area contributed by atoms with Crippen LogP contribution in [-0.4, -0.2) is 45.9 Å².